The lowest BCUT2D eigenvalue weighted by molar-refractivity contribution is -0.122. The number of nitrogens with one attached hydrogen (secondary N) is 2. The van der Waals surface area contributed by atoms with Crippen LogP contribution in [-0.4, -0.2) is 30.5 Å². The van der Waals surface area contributed by atoms with Crippen LogP contribution in [0.4, 0.5) is 11.4 Å². The zero-order chi connectivity index (χ0) is 28.1. The summed E-state index contributed by atoms with van der Waals surface area (Å²) in [5, 5.41) is 7.56. The first-order valence-electron chi connectivity index (χ1n) is 13.4. The number of para-hydroxylation sites is 1. The maximum atomic E-state index is 14.3. The van der Waals surface area contributed by atoms with Crippen LogP contribution in [0.5, 0.6) is 0 Å². The average molecular weight is 652 g/mol. The third kappa shape index (κ3) is 3.92. The molecule has 2 bridgehead atoms. The number of nitrogens with zero attached hydrogens (tertiary/aromatic N) is 2. The van der Waals surface area contributed by atoms with E-state index in [4.69, 9.17) is 0 Å². The van der Waals surface area contributed by atoms with Crippen molar-refractivity contribution in [3.8, 4) is 0 Å². The van der Waals surface area contributed by atoms with E-state index in [-0.39, 0.29) is 30.2 Å². The van der Waals surface area contributed by atoms with Gasteiger partial charge in [0.1, 0.15) is 0 Å². The molecule has 4 aromatic carbocycles. The molecule has 0 unspecified atom stereocenters. The van der Waals surface area contributed by atoms with Crippen LogP contribution in [0.25, 0.3) is 0 Å². The van der Waals surface area contributed by atoms with E-state index >= 15 is 0 Å². The highest BCUT2D eigenvalue weighted by Gasteiger charge is 2.68. The summed E-state index contributed by atoms with van der Waals surface area (Å²) >= 11 is 2.23. The largest absolute Gasteiger partial charge is 0.376 e. The first-order chi connectivity index (χ1) is 20.0. The number of hydrogen-bond acceptors (Lipinski definition) is 5. The summed E-state index contributed by atoms with van der Waals surface area (Å²) < 4.78 is 1.10. The molecule has 202 valence electrons. The quantitative estimate of drug-likeness (QED) is 0.132. The summed E-state index contributed by atoms with van der Waals surface area (Å²) in [6, 6.07) is 32.8. The van der Waals surface area contributed by atoms with Gasteiger partial charge in [0.25, 0.3) is 5.91 Å². The van der Waals surface area contributed by atoms with E-state index in [0.29, 0.717) is 5.69 Å². The minimum Gasteiger partial charge on any atom is -0.376 e. The average Bonchev–Trinajstić information content (AvgIpc) is 3.28. The fraction of sp³-hybridized carbons (Fsp3) is 0.152. The Hall–Kier alpha value is -4.31. The summed E-state index contributed by atoms with van der Waals surface area (Å²) in [4.78, 5) is 42.5. The second-order valence-corrected chi connectivity index (χ2v) is 11.8. The van der Waals surface area contributed by atoms with Crippen molar-refractivity contribution in [3.63, 3.8) is 0 Å². The standard InChI is InChI=1S/C33H25IN4O3/c34-20-14-16-21(17-15-20)35-18-27(39)37-36-19-33-25-12-6-4-10-23(25)28(24-11-5-7-13-26(24)33)29-30(33)32(41)38(31(29)40)22-8-2-1-3-9-22/h1-17,19,28-30,35H,18H2,(H,37,39)/b36-19-/t28?,29-,30+,33?/m0/s1. The van der Waals surface area contributed by atoms with Gasteiger partial charge in [-0.25, -0.2) is 10.3 Å². The molecule has 2 atom stereocenters. The highest BCUT2D eigenvalue weighted by Crippen LogP contribution is 2.63. The van der Waals surface area contributed by atoms with Crippen LogP contribution in [0.1, 0.15) is 28.2 Å². The SMILES string of the molecule is O=C(CNc1ccc(I)cc1)N/N=C\C12c3ccccc3C(c3ccccc31)[C@@H]1C(=O)N(c3ccccc3)C(=O)[C@@H]12. The number of hydrogen-bond donors (Lipinski definition) is 2. The number of carbonyl (C=O) groups excluding carboxylic acids is 3. The molecular formula is C33H25IN4O3. The Morgan fingerprint density at radius 1 is 0.829 bits per heavy atom. The van der Waals surface area contributed by atoms with Crippen LogP contribution in [0.3, 0.4) is 0 Å². The lowest BCUT2D eigenvalue weighted by Crippen LogP contribution is -2.54. The summed E-state index contributed by atoms with van der Waals surface area (Å²) in [6.07, 6.45) is 1.68. The highest BCUT2D eigenvalue weighted by atomic mass is 127. The van der Waals surface area contributed by atoms with Crippen molar-refractivity contribution in [2.75, 3.05) is 16.8 Å². The van der Waals surface area contributed by atoms with Crippen molar-refractivity contribution < 1.29 is 14.4 Å². The molecule has 4 aromatic rings. The normalized spacial score (nSPS) is 23.7. The number of halogens is 1. The molecule has 41 heavy (non-hydrogen) atoms. The van der Waals surface area contributed by atoms with Gasteiger partial charge in [-0.15, -0.1) is 0 Å². The first-order valence-corrected chi connectivity index (χ1v) is 14.5. The smallest absolute Gasteiger partial charge is 0.259 e. The van der Waals surface area contributed by atoms with Gasteiger partial charge < -0.3 is 5.32 Å². The van der Waals surface area contributed by atoms with E-state index in [0.717, 1.165) is 31.5 Å². The summed E-state index contributed by atoms with van der Waals surface area (Å²) in [5.41, 5.74) is 6.93. The maximum absolute atomic E-state index is 14.3. The molecule has 0 saturated carbocycles. The van der Waals surface area contributed by atoms with Crippen LogP contribution in [0.2, 0.25) is 0 Å². The second-order valence-electron chi connectivity index (χ2n) is 10.5. The van der Waals surface area contributed by atoms with Crippen molar-refractivity contribution >= 4 is 57.9 Å². The van der Waals surface area contributed by atoms with Crippen LogP contribution in [0, 0.1) is 15.4 Å². The molecule has 0 aromatic heterocycles. The second kappa shape index (κ2) is 9.95. The van der Waals surface area contributed by atoms with Crippen molar-refractivity contribution in [1.29, 1.82) is 0 Å². The van der Waals surface area contributed by atoms with Crippen LogP contribution in [-0.2, 0) is 19.8 Å². The van der Waals surface area contributed by atoms with Crippen LogP contribution >= 0.6 is 22.6 Å². The van der Waals surface area contributed by atoms with Gasteiger partial charge in [-0.2, -0.15) is 5.10 Å². The van der Waals surface area contributed by atoms with Crippen LogP contribution < -0.4 is 15.6 Å². The van der Waals surface area contributed by atoms with E-state index < -0.39 is 17.3 Å². The molecule has 3 aliphatic carbocycles. The van der Waals surface area contributed by atoms with Crippen molar-refractivity contribution in [3.05, 3.63) is 129 Å². The van der Waals surface area contributed by atoms with Gasteiger partial charge in [-0.1, -0.05) is 66.7 Å². The molecule has 4 aliphatic rings. The predicted octanol–water partition coefficient (Wildman–Crippen LogP) is 5.06. The summed E-state index contributed by atoms with van der Waals surface area (Å²) in [5.74, 6) is -2.31. The first kappa shape index (κ1) is 25.6. The van der Waals surface area contributed by atoms with Gasteiger partial charge in [-0.3, -0.25) is 14.4 Å². The Bertz CT molecular complexity index is 1670. The van der Waals surface area contributed by atoms with Gasteiger partial charge >= 0.3 is 0 Å². The Morgan fingerprint density at radius 2 is 1.44 bits per heavy atom. The number of hydrazone groups is 1. The van der Waals surface area contributed by atoms with Gasteiger partial charge in [-0.05, 0) is 81.2 Å². The molecule has 2 N–H and O–H groups in total. The minimum absolute atomic E-state index is 0.0332. The lowest BCUT2D eigenvalue weighted by Gasteiger charge is -2.52. The predicted molar refractivity (Wildman–Crippen MR) is 166 cm³/mol. The molecule has 1 fully saturated rings. The number of anilines is 2. The van der Waals surface area contributed by atoms with Gasteiger partial charge in [0, 0.05) is 21.4 Å². The van der Waals surface area contributed by atoms with E-state index in [1.807, 2.05) is 91.0 Å². The molecular weight excluding hydrogens is 627 g/mol. The summed E-state index contributed by atoms with van der Waals surface area (Å²) in [6.45, 7) is 0.0332. The zero-order valence-electron chi connectivity index (χ0n) is 21.8. The Kier molecular flexibility index (Phi) is 6.23. The molecule has 8 rings (SSSR count). The van der Waals surface area contributed by atoms with E-state index in [1.165, 1.54) is 4.90 Å². The lowest BCUT2D eigenvalue weighted by atomic mass is 9.47. The third-order valence-electron chi connectivity index (χ3n) is 8.45. The minimum atomic E-state index is -1.03. The van der Waals surface area contributed by atoms with E-state index in [9.17, 15) is 14.4 Å². The fourth-order valence-corrected chi connectivity index (χ4v) is 7.24. The fourth-order valence-electron chi connectivity index (χ4n) is 6.88. The third-order valence-corrected chi connectivity index (χ3v) is 9.17. The van der Waals surface area contributed by atoms with Gasteiger partial charge in [0.2, 0.25) is 11.8 Å². The molecule has 0 spiro atoms. The highest BCUT2D eigenvalue weighted by molar-refractivity contribution is 14.1. The molecule has 1 heterocycles. The molecule has 1 saturated heterocycles. The number of amides is 3. The topological polar surface area (TPSA) is 90.9 Å². The van der Waals surface area contributed by atoms with E-state index in [1.54, 1.807) is 18.3 Å². The summed E-state index contributed by atoms with van der Waals surface area (Å²) in [7, 11) is 0. The van der Waals surface area contributed by atoms with Crippen molar-refractivity contribution in [1.82, 2.24) is 5.43 Å². The van der Waals surface area contributed by atoms with Gasteiger partial charge in [0.05, 0.1) is 29.5 Å². The van der Waals surface area contributed by atoms with Crippen molar-refractivity contribution in [2.24, 2.45) is 16.9 Å². The number of benzene rings is 4. The number of rotatable bonds is 6. The molecule has 3 amide bonds. The molecule has 7 nitrogen and oxygen atoms in total. The molecule has 0 radical (unpaired) electrons. The Labute approximate surface area is 250 Å². The Balaban J connectivity index is 1.29. The van der Waals surface area contributed by atoms with Gasteiger partial charge in [0.15, 0.2) is 0 Å². The van der Waals surface area contributed by atoms with Crippen molar-refractivity contribution in [2.45, 2.75) is 11.3 Å². The maximum Gasteiger partial charge on any atom is 0.259 e. The molecule has 1 aliphatic heterocycles. The number of carbonyl (C=O) groups is 3. The number of imide groups is 1. The zero-order valence-corrected chi connectivity index (χ0v) is 24.0. The van der Waals surface area contributed by atoms with Crippen LogP contribution in [0.15, 0.2) is 108 Å². The molecule has 8 heteroatoms. The monoisotopic (exact) mass is 652 g/mol. The Morgan fingerprint density at radius 3 is 2.10 bits per heavy atom. The van der Waals surface area contributed by atoms with E-state index in [2.05, 4.69) is 38.4 Å².